The Balaban J connectivity index is 3.34. The van der Waals surface area contributed by atoms with Crippen LogP contribution in [0, 0.1) is 0 Å². The highest BCUT2D eigenvalue weighted by atomic mass is 16.5. The van der Waals surface area contributed by atoms with Crippen molar-refractivity contribution in [2.45, 2.75) is 77.2 Å². The molecular weight excluding hydrogens is 252 g/mol. The van der Waals surface area contributed by atoms with Crippen molar-refractivity contribution in [3.8, 4) is 0 Å². The first-order chi connectivity index (χ1) is 9.56. The summed E-state index contributed by atoms with van der Waals surface area (Å²) in [5.74, 6) is -0.284. The number of hydrogen-bond acceptors (Lipinski definition) is 3. The lowest BCUT2D eigenvalue weighted by atomic mass is 9.94. The van der Waals surface area contributed by atoms with Crippen LogP contribution in [0.1, 0.15) is 71.6 Å². The van der Waals surface area contributed by atoms with Gasteiger partial charge in [0.2, 0.25) is 5.91 Å². The van der Waals surface area contributed by atoms with Gasteiger partial charge in [0.05, 0.1) is 5.54 Å². The fraction of sp³-hybridized carbons (Fsp3) is 0.938. The van der Waals surface area contributed by atoms with E-state index in [4.69, 9.17) is 10.5 Å². The predicted octanol–water partition coefficient (Wildman–Crippen LogP) is 3.00. The van der Waals surface area contributed by atoms with E-state index in [0.29, 0.717) is 0 Å². The Morgan fingerprint density at radius 3 is 2.15 bits per heavy atom. The van der Waals surface area contributed by atoms with E-state index in [9.17, 15) is 4.79 Å². The minimum absolute atomic E-state index is 0.284. The number of nitrogens with two attached hydrogens (primary N) is 1. The second kappa shape index (κ2) is 12.2. The zero-order valence-corrected chi connectivity index (χ0v) is 13.7. The zero-order chi connectivity index (χ0) is 15.3. The molecule has 0 radical (unpaired) electrons. The third kappa shape index (κ3) is 9.32. The number of rotatable bonds is 14. The molecule has 20 heavy (non-hydrogen) atoms. The Kier molecular flexibility index (Phi) is 11.8. The highest BCUT2D eigenvalue weighted by Crippen LogP contribution is 2.13. The highest BCUT2D eigenvalue weighted by Gasteiger charge is 2.27. The lowest BCUT2D eigenvalue weighted by molar-refractivity contribution is -0.123. The van der Waals surface area contributed by atoms with Crippen LogP contribution in [0.2, 0.25) is 0 Å². The van der Waals surface area contributed by atoms with Crippen molar-refractivity contribution in [1.29, 1.82) is 0 Å². The van der Waals surface area contributed by atoms with Gasteiger partial charge in [-0.2, -0.15) is 0 Å². The summed E-state index contributed by atoms with van der Waals surface area (Å²) in [6.45, 7) is 5.74. The van der Waals surface area contributed by atoms with E-state index in [1.165, 1.54) is 38.5 Å². The standard InChI is InChI=1S/C16H34N2O2/c1-4-5-6-7-8-10-13-20-14-11-9-12-16(2,18-3)15(17)19/h18H,4-14H2,1-3H3,(H2,17,19). The maximum Gasteiger partial charge on any atom is 0.237 e. The molecule has 0 aromatic rings. The Morgan fingerprint density at radius 1 is 1.05 bits per heavy atom. The van der Waals surface area contributed by atoms with Crippen molar-refractivity contribution < 1.29 is 9.53 Å². The molecule has 0 saturated heterocycles. The molecule has 0 spiro atoms. The third-order valence-electron chi connectivity index (χ3n) is 3.95. The van der Waals surface area contributed by atoms with E-state index in [-0.39, 0.29) is 5.91 Å². The quantitative estimate of drug-likeness (QED) is 0.482. The Bertz CT molecular complexity index is 247. The molecule has 0 rings (SSSR count). The SMILES string of the molecule is CCCCCCCCOCCCCC(C)(NC)C(N)=O. The molecular formula is C16H34N2O2. The highest BCUT2D eigenvalue weighted by molar-refractivity contribution is 5.84. The van der Waals surface area contributed by atoms with E-state index < -0.39 is 5.54 Å². The molecule has 0 aliphatic heterocycles. The number of primary amides is 1. The summed E-state index contributed by atoms with van der Waals surface area (Å²) in [5, 5.41) is 3.00. The van der Waals surface area contributed by atoms with Gasteiger partial charge in [0.25, 0.3) is 0 Å². The van der Waals surface area contributed by atoms with Crippen LogP contribution in [-0.2, 0) is 9.53 Å². The molecule has 0 fully saturated rings. The van der Waals surface area contributed by atoms with Crippen molar-refractivity contribution in [3.63, 3.8) is 0 Å². The number of nitrogens with one attached hydrogen (secondary N) is 1. The van der Waals surface area contributed by atoms with Crippen molar-refractivity contribution >= 4 is 5.91 Å². The average molecular weight is 286 g/mol. The van der Waals surface area contributed by atoms with Crippen LogP contribution in [0.5, 0.6) is 0 Å². The van der Waals surface area contributed by atoms with Gasteiger partial charge in [0, 0.05) is 13.2 Å². The minimum atomic E-state index is -0.584. The van der Waals surface area contributed by atoms with Crippen LogP contribution >= 0.6 is 0 Å². The number of ether oxygens (including phenoxy) is 1. The van der Waals surface area contributed by atoms with Crippen molar-refractivity contribution in [2.24, 2.45) is 5.73 Å². The molecule has 1 atom stereocenters. The van der Waals surface area contributed by atoms with E-state index in [0.717, 1.165) is 32.5 Å². The van der Waals surface area contributed by atoms with Crippen LogP contribution in [0.25, 0.3) is 0 Å². The molecule has 4 heteroatoms. The monoisotopic (exact) mass is 286 g/mol. The summed E-state index contributed by atoms with van der Waals surface area (Å²) >= 11 is 0. The predicted molar refractivity (Wildman–Crippen MR) is 84.7 cm³/mol. The summed E-state index contributed by atoms with van der Waals surface area (Å²) in [6, 6.07) is 0. The number of carbonyl (C=O) groups excluding carboxylic acids is 1. The van der Waals surface area contributed by atoms with E-state index >= 15 is 0 Å². The molecule has 1 amide bonds. The van der Waals surface area contributed by atoms with Crippen LogP contribution < -0.4 is 11.1 Å². The molecule has 0 heterocycles. The van der Waals surface area contributed by atoms with Crippen molar-refractivity contribution in [2.75, 3.05) is 20.3 Å². The average Bonchev–Trinajstić information content (AvgIpc) is 2.44. The molecule has 120 valence electrons. The van der Waals surface area contributed by atoms with Gasteiger partial charge in [-0.3, -0.25) is 4.79 Å². The summed E-state index contributed by atoms with van der Waals surface area (Å²) in [4.78, 5) is 11.3. The third-order valence-corrected chi connectivity index (χ3v) is 3.95. The van der Waals surface area contributed by atoms with Gasteiger partial charge >= 0.3 is 0 Å². The maximum atomic E-state index is 11.3. The van der Waals surface area contributed by atoms with Gasteiger partial charge in [0.1, 0.15) is 0 Å². The Morgan fingerprint density at radius 2 is 1.60 bits per heavy atom. The molecule has 3 N–H and O–H groups in total. The van der Waals surface area contributed by atoms with Gasteiger partial charge < -0.3 is 15.8 Å². The topological polar surface area (TPSA) is 64.3 Å². The Hall–Kier alpha value is -0.610. The van der Waals surface area contributed by atoms with E-state index in [1.807, 2.05) is 6.92 Å². The number of likely N-dealkylation sites (N-methyl/N-ethyl adjacent to an activating group) is 1. The largest absolute Gasteiger partial charge is 0.381 e. The number of hydrogen-bond donors (Lipinski definition) is 2. The summed E-state index contributed by atoms with van der Waals surface area (Å²) in [7, 11) is 1.78. The van der Waals surface area contributed by atoms with Crippen molar-refractivity contribution in [3.05, 3.63) is 0 Å². The first kappa shape index (κ1) is 19.4. The first-order valence-electron chi connectivity index (χ1n) is 8.13. The molecule has 0 aromatic carbocycles. The molecule has 0 aliphatic rings. The normalized spacial score (nSPS) is 14.2. The second-order valence-electron chi connectivity index (χ2n) is 5.78. The number of unbranched alkanes of at least 4 members (excludes halogenated alkanes) is 6. The maximum absolute atomic E-state index is 11.3. The van der Waals surface area contributed by atoms with Gasteiger partial charge in [-0.05, 0) is 39.7 Å². The lowest BCUT2D eigenvalue weighted by Gasteiger charge is -2.25. The molecule has 4 nitrogen and oxygen atoms in total. The summed E-state index contributed by atoms with van der Waals surface area (Å²) in [6.07, 6.45) is 10.5. The second-order valence-corrected chi connectivity index (χ2v) is 5.78. The van der Waals surface area contributed by atoms with E-state index in [2.05, 4.69) is 12.2 Å². The fourth-order valence-electron chi connectivity index (χ4n) is 2.14. The fourth-order valence-corrected chi connectivity index (χ4v) is 2.14. The van der Waals surface area contributed by atoms with Gasteiger partial charge in [-0.25, -0.2) is 0 Å². The zero-order valence-electron chi connectivity index (χ0n) is 13.7. The lowest BCUT2D eigenvalue weighted by Crippen LogP contribution is -2.51. The summed E-state index contributed by atoms with van der Waals surface area (Å²) in [5.41, 5.74) is 4.80. The molecule has 0 aliphatic carbocycles. The Labute approximate surface area is 124 Å². The first-order valence-corrected chi connectivity index (χ1v) is 8.13. The molecule has 0 aromatic heterocycles. The molecule has 0 bridgehead atoms. The number of carbonyl (C=O) groups is 1. The van der Waals surface area contributed by atoms with Gasteiger partial charge in [0.15, 0.2) is 0 Å². The van der Waals surface area contributed by atoms with Crippen LogP contribution in [0.4, 0.5) is 0 Å². The van der Waals surface area contributed by atoms with Gasteiger partial charge in [-0.1, -0.05) is 39.0 Å². The number of amides is 1. The summed E-state index contributed by atoms with van der Waals surface area (Å²) < 4.78 is 5.61. The van der Waals surface area contributed by atoms with Crippen molar-refractivity contribution in [1.82, 2.24) is 5.32 Å². The minimum Gasteiger partial charge on any atom is -0.381 e. The van der Waals surface area contributed by atoms with E-state index in [1.54, 1.807) is 7.05 Å². The molecule has 1 unspecified atom stereocenters. The van der Waals surface area contributed by atoms with Crippen LogP contribution in [-0.4, -0.2) is 31.7 Å². The van der Waals surface area contributed by atoms with Crippen LogP contribution in [0.3, 0.4) is 0 Å². The smallest absolute Gasteiger partial charge is 0.237 e. The molecule has 0 saturated carbocycles. The van der Waals surface area contributed by atoms with Crippen LogP contribution in [0.15, 0.2) is 0 Å². The van der Waals surface area contributed by atoms with Gasteiger partial charge in [-0.15, -0.1) is 0 Å².